The van der Waals surface area contributed by atoms with E-state index in [1.54, 1.807) is 0 Å². The average molecular weight is 270 g/mol. The van der Waals surface area contributed by atoms with Gasteiger partial charge in [0.1, 0.15) is 0 Å². The van der Waals surface area contributed by atoms with Crippen LogP contribution in [0.4, 0.5) is 0 Å². The molecule has 0 bridgehead atoms. The van der Waals surface area contributed by atoms with Crippen molar-refractivity contribution in [3.63, 3.8) is 0 Å². The van der Waals surface area contributed by atoms with Crippen molar-refractivity contribution in [1.29, 1.82) is 0 Å². The van der Waals surface area contributed by atoms with E-state index >= 15 is 0 Å². The molecule has 19 heavy (non-hydrogen) atoms. The molecular weight excluding hydrogens is 240 g/mol. The first-order valence-electron chi connectivity index (χ1n) is 7.64. The molecule has 1 aliphatic carbocycles. The third kappa shape index (κ3) is 3.71. The summed E-state index contributed by atoms with van der Waals surface area (Å²) >= 11 is 0. The van der Waals surface area contributed by atoms with Gasteiger partial charge in [-0.1, -0.05) is 27.2 Å². The minimum absolute atomic E-state index is 0.0773. The van der Waals surface area contributed by atoms with E-state index in [4.69, 9.17) is 4.74 Å². The molecule has 0 spiro atoms. The van der Waals surface area contributed by atoms with Crippen LogP contribution in [-0.4, -0.2) is 24.3 Å². The minimum Gasteiger partial charge on any atom is -0.466 e. The second-order valence-electron chi connectivity index (χ2n) is 6.71. The van der Waals surface area contributed by atoms with Gasteiger partial charge in [0.2, 0.25) is 0 Å². The summed E-state index contributed by atoms with van der Waals surface area (Å²) < 4.78 is 4.94. The van der Waals surface area contributed by atoms with Crippen molar-refractivity contribution >= 4 is 5.97 Å². The summed E-state index contributed by atoms with van der Waals surface area (Å²) in [5.74, 6) is 0.342. The highest BCUT2D eigenvalue weighted by Gasteiger charge is 2.50. The van der Waals surface area contributed by atoms with Gasteiger partial charge in [0.25, 0.3) is 0 Å². The first-order valence-corrected chi connectivity index (χ1v) is 7.64. The van der Waals surface area contributed by atoms with Crippen molar-refractivity contribution in [2.45, 2.75) is 66.2 Å². The Kier molecular flexibility index (Phi) is 5.84. The van der Waals surface area contributed by atoms with Crippen LogP contribution in [0.15, 0.2) is 0 Å². The zero-order chi connectivity index (χ0) is 14.5. The van der Waals surface area contributed by atoms with Crippen molar-refractivity contribution in [3.8, 4) is 0 Å². The molecule has 0 aromatic heterocycles. The van der Waals surface area contributed by atoms with E-state index < -0.39 is 0 Å². The summed E-state index contributed by atoms with van der Waals surface area (Å²) in [6.45, 7) is 9.52. The highest BCUT2D eigenvalue weighted by Crippen LogP contribution is 2.58. The zero-order valence-electron chi connectivity index (χ0n) is 13.0. The fourth-order valence-corrected chi connectivity index (χ4v) is 3.45. The van der Waals surface area contributed by atoms with Gasteiger partial charge in [-0.15, -0.1) is 0 Å². The Morgan fingerprint density at radius 3 is 2.53 bits per heavy atom. The lowest BCUT2D eigenvalue weighted by atomic mass is 9.64. The lowest BCUT2D eigenvalue weighted by Crippen LogP contribution is -2.35. The number of rotatable bonds is 7. The van der Waals surface area contributed by atoms with Gasteiger partial charge < -0.3 is 9.84 Å². The highest BCUT2D eigenvalue weighted by atomic mass is 16.5. The molecular formula is C16H30O3. The molecule has 0 aliphatic heterocycles. The number of unbranched alkanes of at least 4 members (excludes halogenated alkanes) is 1. The number of carbonyl (C=O) groups is 1. The van der Waals surface area contributed by atoms with Gasteiger partial charge in [-0.05, 0) is 49.4 Å². The summed E-state index contributed by atoms with van der Waals surface area (Å²) in [7, 11) is 0. The summed E-state index contributed by atoms with van der Waals surface area (Å²) in [5.41, 5.74) is 0.473. The number of hydrogen-bond donors (Lipinski definition) is 1. The lowest BCUT2D eigenvalue weighted by molar-refractivity contribution is -0.143. The van der Waals surface area contributed by atoms with Crippen molar-refractivity contribution in [2.24, 2.45) is 16.7 Å². The molecule has 0 radical (unpaired) electrons. The molecule has 2 atom stereocenters. The van der Waals surface area contributed by atoms with Crippen LogP contribution in [0.2, 0.25) is 0 Å². The normalized spacial score (nSPS) is 29.4. The van der Waals surface area contributed by atoms with Crippen LogP contribution in [0.5, 0.6) is 0 Å². The second-order valence-corrected chi connectivity index (χ2v) is 6.71. The van der Waals surface area contributed by atoms with E-state index in [2.05, 4.69) is 20.8 Å². The third-order valence-electron chi connectivity index (χ3n) is 5.51. The van der Waals surface area contributed by atoms with E-state index in [1.807, 2.05) is 6.92 Å². The van der Waals surface area contributed by atoms with Gasteiger partial charge >= 0.3 is 5.97 Å². The molecule has 1 fully saturated rings. The van der Waals surface area contributed by atoms with Crippen molar-refractivity contribution < 1.29 is 14.6 Å². The summed E-state index contributed by atoms with van der Waals surface area (Å²) in [6, 6.07) is 0. The quantitative estimate of drug-likeness (QED) is 0.568. The minimum atomic E-state index is -0.0773. The Bertz CT molecular complexity index is 298. The molecule has 2 unspecified atom stereocenters. The molecule has 1 rings (SSSR count). The van der Waals surface area contributed by atoms with Crippen LogP contribution >= 0.6 is 0 Å². The van der Waals surface area contributed by atoms with Crippen LogP contribution in [0.1, 0.15) is 66.2 Å². The van der Waals surface area contributed by atoms with Crippen molar-refractivity contribution in [3.05, 3.63) is 0 Å². The molecule has 0 heterocycles. The largest absolute Gasteiger partial charge is 0.466 e. The summed E-state index contributed by atoms with van der Waals surface area (Å²) in [5, 5.41) is 9.48. The maximum absolute atomic E-state index is 11.3. The number of aliphatic hydroxyl groups is 1. The maximum Gasteiger partial charge on any atom is 0.305 e. The molecule has 1 aliphatic rings. The SMILES string of the molecule is CCOC(=O)CCCCC1(C)CCC(CO)C1(C)C. The van der Waals surface area contributed by atoms with Gasteiger partial charge in [-0.2, -0.15) is 0 Å². The van der Waals surface area contributed by atoms with Gasteiger partial charge in [0.05, 0.1) is 6.61 Å². The number of hydrogen-bond acceptors (Lipinski definition) is 3. The predicted molar refractivity (Wildman–Crippen MR) is 76.8 cm³/mol. The van der Waals surface area contributed by atoms with Gasteiger partial charge in [0.15, 0.2) is 0 Å². The molecule has 112 valence electrons. The smallest absolute Gasteiger partial charge is 0.305 e. The molecule has 0 aromatic rings. The molecule has 1 N–H and O–H groups in total. The van der Waals surface area contributed by atoms with Crippen LogP contribution < -0.4 is 0 Å². The average Bonchev–Trinajstić information content (AvgIpc) is 2.57. The summed E-state index contributed by atoms with van der Waals surface area (Å²) in [4.78, 5) is 11.3. The number of esters is 1. The van der Waals surface area contributed by atoms with Gasteiger partial charge in [-0.25, -0.2) is 0 Å². The molecule has 0 aromatic carbocycles. The lowest BCUT2D eigenvalue weighted by Gasteiger charge is -2.41. The fraction of sp³-hybridized carbons (Fsp3) is 0.938. The Balaban J connectivity index is 2.38. The second kappa shape index (κ2) is 6.74. The van der Waals surface area contributed by atoms with E-state index in [9.17, 15) is 9.90 Å². The molecule has 0 amide bonds. The topological polar surface area (TPSA) is 46.5 Å². The van der Waals surface area contributed by atoms with Crippen LogP contribution in [-0.2, 0) is 9.53 Å². The first kappa shape index (κ1) is 16.5. The fourth-order valence-electron chi connectivity index (χ4n) is 3.45. The first-order chi connectivity index (χ1) is 8.87. The van der Waals surface area contributed by atoms with E-state index in [0.717, 1.165) is 25.7 Å². The van der Waals surface area contributed by atoms with Gasteiger partial charge in [0, 0.05) is 13.0 Å². The zero-order valence-corrected chi connectivity index (χ0v) is 13.0. The van der Waals surface area contributed by atoms with Crippen LogP contribution in [0, 0.1) is 16.7 Å². The third-order valence-corrected chi connectivity index (χ3v) is 5.51. The van der Waals surface area contributed by atoms with Gasteiger partial charge in [-0.3, -0.25) is 4.79 Å². The summed E-state index contributed by atoms with van der Waals surface area (Å²) in [6.07, 6.45) is 5.96. The van der Waals surface area contributed by atoms with Crippen LogP contribution in [0.25, 0.3) is 0 Å². The molecule has 1 saturated carbocycles. The predicted octanol–water partition coefficient (Wildman–Crippen LogP) is 3.54. The van der Waals surface area contributed by atoms with E-state index in [0.29, 0.717) is 25.6 Å². The van der Waals surface area contributed by atoms with Crippen molar-refractivity contribution in [2.75, 3.05) is 13.2 Å². The van der Waals surface area contributed by atoms with Crippen LogP contribution in [0.3, 0.4) is 0 Å². The van der Waals surface area contributed by atoms with E-state index in [-0.39, 0.29) is 16.8 Å². The molecule has 0 saturated heterocycles. The monoisotopic (exact) mass is 270 g/mol. The Morgan fingerprint density at radius 2 is 2.00 bits per heavy atom. The number of ether oxygens (including phenoxy) is 1. The number of aliphatic hydroxyl groups excluding tert-OH is 1. The standard InChI is InChI=1S/C16H30O3/c1-5-19-14(18)8-6-7-10-16(4)11-9-13(12-17)15(16,2)3/h13,17H,5-12H2,1-4H3. The Labute approximate surface area is 117 Å². The molecule has 3 nitrogen and oxygen atoms in total. The Hall–Kier alpha value is -0.570. The van der Waals surface area contributed by atoms with E-state index in [1.165, 1.54) is 6.42 Å². The number of carbonyl (C=O) groups excluding carboxylic acids is 1. The maximum atomic E-state index is 11.3. The van der Waals surface area contributed by atoms with Crippen molar-refractivity contribution in [1.82, 2.24) is 0 Å². The molecule has 3 heteroatoms. The highest BCUT2D eigenvalue weighted by molar-refractivity contribution is 5.69. The Morgan fingerprint density at radius 1 is 1.32 bits per heavy atom.